The van der Waals surface area contributed by atoms with E-state index in [1.54, 1.807) is 11.8 Å². The van der Waals surface area contributed by atoms with Crippen molar-refractivity contribution in [3.63, 3.8) is 0 Å². The van der Waals surface area contributed by atoms with Crippen LogP contribution in [0, 0.1) is 41.4 Å². The summed E-state index contributed by atoms with van der Waals surface area (Å²) in [6.07, 6.45) is 10.2. The number of imide groups is 1. The van der Waals surface area contributed by atoms with Crippen molar-refractivity contribution in [2.75, 3.05) is 26.2 Å². The minimum absolute atomic E-state index is 0.0235. The molecule has 40 heavy (non-hydrogen) atoms. The maximum atomic E-state index is 13.7. The molecule has 2 aliphatic heterocycles. The minimum Gasteiger partial charge on any atom is -0.353 e. The molecule has 3 heterocycles. The van der Waals surface area contributed by atoms with Gasteiger partial charge in [0.25, 0.3) is 0 Å². The number of rotatable bonds is 6. The first-order valence-electron chi connectivity index (χ1n) is 15.8. The normalized spacial score (nSPS) is 36.5. The molecule has 3 aliphatic carbocycles. The zero-order valence-electron chi connectivity index (χ0n) is 24.0. The molecule has 1 aromatic heterocycles. The molecule has 7 nitrogen and oxygen atoms in total. The van der Waals surface area contributed by atoms with Crippen LogP contribution in [0.1, 0.15) is 64.8 Å². The lowest BCUT2D eigenvalue weighted by atomic mass is 9.73. The van der Waals surface area contributed by atoms with E-state index in [-0.39, 0.29) is 53.4 Å². The Morgan fingerprint density at radius 3 is 2.30 bits per heavy atom. The van der Waals surface area contributed by atoms with E-state index in [1.165, 1.54) is 43.0 Å². The molecular formula is C33H44N4O3. The summed E-state index contributed by atoms with van der Waals surface area (Å²) >= 11 is 0. The number of carbonyl (C=O) groups excluding carboxylic acids is 3. The molecule has 8 atom stereocenters. The lowest BCUT2D eigenvalue weighted by Gasteiger charge is -2.40. The number of amides is 3. The van der Waals surface area contributed by atoms with Gasteiger partial charge in [-0.1, -0.05) is 38.0 Å². The van der Waals surface area contributed by atoms with Crippen molar-refractivity contribution < 1.29 is 14.4 Å². The molecular weight excluding hydrogens is 500 g/mol. The van der Waals surface area contributed by atoms with E-state index in [4.69, 9.17) is 0 Å². The van der Waals surface area contributed by atoms with Crippen LogP contribution < -0.4 is 5.32 Å². The molecule has 0 spiro atoms. The third kappa shape index (κ3) is 4.31. The molecule has 7 rings (SSSR count). The van der Waals surface area contributed by atoms with Crippen molar-refractivity contribution in [1.82, 2.24) is 19.7 Å². The van der Waals surface area contributed by atoms with Gasteiger partial charge in [-0.2, -0.15) is 0 Å². The molecule has 2 saturated heterocycles. The number of nitrogens with one attached hydrogen (secondary N) is 1. The van der Waals surface area contributed by atoms with Gasteiger partial charge in [-0.25, -0.2) is 0 Å². The lowest BCUT2D eigenvalue weighted by Crippen LogP contribution is -2.48. The summed E-state index contributed by atoms with van der Waals surface area (Å²) in [5, 5.41) is 4.43. The van der Waals surface area contributed by atoms with E-state index in [0.29, 0.717) is 24.4 Å². The fourth-order valence-corrected chi connectivity index (χ4v) is 9.64. The van der Waals surface area contributed by atoms with Crippen LogP contribution in [0.5, 0.6) is 0 Å². The van der Waals surface area contributed by atoms with Crippen molar-refractivity contribution in [3.05, 3.63) is 36.5 Å². The van der Waals surface area contributed by atoms with Crippen LogP contribution in [-0.4, -0.2) is 64.3 Å². The quantitative estimate of drug-likeness (QED) is 0.545. The van der Waals surface area contributed by atoms with Crippen molar-refractivity contribution in [3.8, 4) is 0 Å². The van der Waals surface area contributed by atoms with Crippen LogP contribution in [0.15, 0.2) is 36.5 Å². The van der Waals surface area contributed by atoms with Gasteiger partial charge in [0.2, 0.25) is 17.7 Å². The first kappa shape index (κ1) is 26.2. The third-order valence-electron chi connectivity index (χ3n) is 11.6. The number of likely N-dealkylation sites (tertiary alicyclic amines) is 2. The number of fused-ring (bicyclic) bond motifs is 6. The van der Waals surface area contributed by atoms with Crippen LogP contribution in [0.3, 0.4) is 0 Å². The molecule has 2 bridgehead atoms. The number of nitrogens with zero attached hydrogens (tertiary/aromatic N) is 3. The lowest BCUT2D eigenvalue weighted by molar-refractivity contribution is -0.142. The second-order valence-corrected chi connectivity index (χ2v) is 13.6. The Kier molecular flexibility index (Phi) is 6.76. The number of para-hydroxylation sites is 1. The highest BCUT2D eigenvalue weighted by Crippen LogP contribution is 2.58. The number of aromatic nitrogens is 1. The first-order chi connectivity index (χ1) is 19.4. The summed E-state index contributed by atoms with van der Waals surface area (Å²) in [7, 11) is 0. The number of piperidine rings is 1. The van der Waals surface area contributed by atoms with Gasteiger partial charge >= 0.3 is 0 Å². The molecule has 5 aliphatic rings. The standard InChI is InChI=1S/C33H44N4O3/c1-20-26-17-27(31(20)34-21(2)38)30-29(26)32(39)37(33(30)40)19-24-9-4-3-8-23(24)18-35-14-12-25(13-15-35)36-16-11-22-7-5-6-10-28(22)36/h5-7,10-11,16,20,23-27,29-31H,3-4,8-9,12-15,17-19H2,1-2H3,(H,34,38)/t20?,23-,24-,26?,27?,29?,30?,31?/m0/s1. The fraction of sp³-hybridized carbons (Fsp3) is 0.667. The average Bonchev–Trinajstić information content (AvgIpc) is 3.69. The van der Waals surface area contributed by atoms with Gasteiger partial charge in [0, 0.05) is 56.9 Å². The minimum atomic E-state index is -0.226. The maximum Gasteiger partial charge on any atom is 0.233 e. The molecule has 6 unspecified atom stereocenters. The molecule has 3 amide bonds. The fourth-order valence-electron chi connectivity index (χ4n) is 9.64. The smallest absolute Gasteiger partial charge is 0.233 e. The van der Waals surface area contributed by atoms with Crippen LogP contribution >= 0.6 is 0 Å². The van der Waals surface area contributed by atoms with E-state index in [1.807, 2.05) is 0 Å². The highest BCUT2D eigenvalue weighted by molar-refractivity contribution is 6.06. The van der Waals surface area contributed by atoms with Crippen molar-refractivity contribution in [2.24, 2.45) is 41.4 Å². The van der Waals surface area contributed by atoms with Gasteiger partial charge in [0.15, 0.2) is 0 Å². The van der Waals surface area contributed by atoms with E-state index in [0.717, 1.165) is 32.5 Å². The zero-order valence-corrected chi connectivity index (χ0v) is 24.0. The highest BCUT2D eigenvalue weighted by atomic mass is 16.2. The van der Waals surface area contributed by atoms with E-state index < -0.39 is 0 Å². The Bertz CT molecular complexity index is 1300. The van der Waals surface area contributed by atoms with Gasteiger partial charge in [-0.15, -0.1) is 0 Å². The molecule has 5 fully saturated rings. The summed E-state index contributed by atoms with van der Waals surface area (Å²) < 4.78 is 2.47. The number of benzene rings is 1. The summed E-state index contributed by atoms with van der Waals surface area (Å²) in [5.41, 5.74) is 1.34. The summed E-state index contributed by atoms with van der Waals surface area (Å²) in [5.74, 6) is 1.22. The topological polar surface area (TPSA) is 74.7 Å². The Hall–Kier alpha value is -2.67. The van der Waals surface area contributed by atoms with Gasteiger partial charge in [0.05, 0.1) is 11.8 Å². The molecule has 1 aromatic carbocycles. The number of carbonyl (C=O) groups is 3. The van der Waals surface area contributed by atoms with Crippen LogP contribution in [0.4, 0.5) is 0 Å². The molecule has 214 valence electrons. The first-order valence-corrected chi connectivity index (χ1v) is 15.8. The van der Waals surface area contributed by atoms with E-state index in [2.05, 4.69) is 58.2 Å². The molecule has 0 radical (unpaired) electrons. The monoisotopic (exact) mass is 544 g/mol. The molecule has 2 aromatic rings. The predicted octanol–water partition coefficient (Wildman–Crippen LogP) is 4.48. The van der Waals surface area contributed by atoms with Crippen LogP contribution in [0.2, 0.25) is 0 Å². The van der Waals surface area contributed by atoms with E-state index >= 15 is 0 Å². The number of hydrogen-bond donors (Lipinski definition) is 1. The van der Waals surface area contributed by atoms with Gasteiger partial charge in [-0.3, -0.25) is 19.3 Å². The Labute approximate surface area is 237 Å². The van der Waals surface area contributed by atoms with Gasteiger partial charge < -0.3 is 14.8 Å². The summed E-state index contributed by atoms with van der Waals surface area (Å²) in [6.45, 7) is 7.61. The van der Waals surface area contributed by atoms with Gasteiger partial charge in [-0.05, 0) is 79.2 Å². The summed E-state index contributed by atoms with van der Waals surface area (Å²) in [4.78, 5) is 43.6. The second-order valence-electron chi connectivity index (χ2n) is 13.6. The third-order valence-corrected chi connectivity index (χ3v) is 11.6. The van der Waals surface area contributed by atoms with Crippen molar-refractivity contribution in [1.29, 1.82) is 0 Å². The highest BCUT2D eigenvalue weighted by Gasteiger charge is 2.66. The Balaban J connectivity index is 0.989. The zero-order chi connectivity index (χ0) is 27.5. The number of hydrogen-bond acceptors (Lipinski definition) is 4. The van der Waals surface area contributed by atoms with Crippen molar-refractivity contribution >= 4 is 28.6 Å². The Morgan fingerprint density at radius 2 is 1.57 bits per heavy atom. The summed E-state index contributed by atoms with van der Waals surface area (Å²) in [6, 6.07) is 11.5. The molecule has 3 saturated carbocycles. The predicted molar refractivity (Wildman–Crippen MR) is 154 cm³/mol. The second kappa shape index (κ2) is 10.3. The maximum absolute atomic E-state index is 13.7. The Morgan fingerprint density at radius 1 is 0.900 bits per heavy atom. The van der Waals surface area contributed by atoms with Crippen LogP contribution in [0.25, 0.3) is 10.9 Å². The van der Waals surface area contributed by atoms with Crippen molar-refractivity contribution in [2.45, 2.75) is 70.9 Å². The largest absolute Gasteiger partial charge is 0.353 e. The van der Waals surface area contributed by atoms with Gasteiger partial charge in [0.1, 0.15) is 0 Å². The average molecular weight is 545 g/mol. The van der Waals surface area contributed by atoms with E-state index in [9.17, 15) is 14.4 Å². The molecule has 7 heteroatoms. The van der Waals surface area contributed by atoms with Crippen LogP contribution in [-0.2, 0) is 14.4 Å². The SMILES string of the molecule is CC(=O)NC1C(C)C2CC1C1C(=O)N(C[C@@H]3CCCC[C@H]3CN3CCC(n4ccc5ccccc54)CC3)C(=O)C21. The molecule has 1 N–H and O–H groups in total.